The third kappa shape index (κ3) is 4.65. The first kappa shape index (κ1) is 17.7. The number of anilines is 3. The molecule has 0 saturated carbocycles. The number of carbonyl (C=O) groups is 1. The minimum absolute atomic E-state index is 0.190. The molecule has 2 aromatic rings. The zero-order valence-corrected chi connectivity index (χ0v) is 14.5. The summed E-state index contributed by atoms with van der Waals surface area (Å²) in [6.07, 6.45) is 2.06. The van der Waals surface area contributed by atoms with E-state index in [-0.39, 0.29) is 5.91 Å². The number of rotatable bonds is 7. The average Bonchev–Trinajstić information content (AvgIpc) is 2.55. The third-order valence-electron chi connectivity index (χ3n) is 3.61. The van der Waals surface area contributed by atoms with Crippen molar-refractivity contribution in [3.05, 3.63) is 48.0 Å². The fourth-order valence-corrected chi connectivity index (χ4v) is 2.30. The SMILES string of the molecule is CCCCOc1cccc(C(=O)Nc2cc(N)ccc2N(C)C)c1. The van der Waals surface area contributed by atoms with Crippen molar-refractivity contribution in [2.45, 2.75) is 19.8 Å². The summed E-state index contributed by atoms with van der Waals surface area (Å²) in [7, 11) is 3.84. The molecule has 5 nitrogen and oxygen atoms in total. The topological polar surface area (TPSA) is 67.6 Å². The Hall–Kier alpha value is -2.69. The van der Waals surface area contributed by atoms with Crippen LogP contribution in [0.1, 0.15) is 30.1 Å². The summed E-state index contributed by atoms with van der Waals surface area (Å²) in [6.45, 7) is 2.77. The second kappa shape index (κ2) is 8.24. The van der Waals surface area contributed by atoms with Crippen molar-refractivity contribution in [2.75, 3.05) is 36.7 Å². The van der Waals surface area contributed by atoms with Crippen molar-refractivity contribution in [1.29, 1.82) is 0 Å². The normalized spacial score (nSPS) is 10.3. The molecule has 5 heteroatoms. The van der Waals surface area contributed by atoms with Gasteiger partial charge in [-0.2, -0.15) is 0 Å². The minimum atomic E-state index is -0.190. The molecule has 0 bridgehead atoms. The number of hydrogen-bond donors (Lipinski definition) is 2. The van der Waals surface area contributed by atoms with Gasteiger partial charge >= 0.3 is 0 Å². The van der Waals surface area contributed by atoms with Crippen LogP contribution >= 0.6 is 0 Å². The van der Waals surface area contributed by atoms with Gasteiger partial charge in [0.2, 0.25) is 0 Å². The maximum atomic E-state index is 12.6. The molecule has 3 N–H and O–H groups in total. The summed E-state index contributed by atoms with van der Waals surface area (Å²) in [5, 5.41) is 2.93. The molecule has 0 heterocycles. The van der Waals surface area contributed by atoms with Crippen LogP contribution in [0, 0.1) is 0 Å². The van der Waals surface area contributed by atoms with Gasteiger partial charge in [-0.3, -0.25) is 4.79 Å². The Morgan fingerprint density at radius 1 is 1.21 bits per heavy atom. The van der Waals surface area contributed by atoms with E-state index in [4.69, 9.17) is 10.5 Å². The first-order chi connectivity index (χ1) is 11.5. The number of nitrogen functional groups attached to an aromatic ring is 1. The lowest BCUT2D eigenvalue weighted by atomic mass is 10.1. The van der Waals surface area contributed by atoms with Crippen LogP contribution in [0.25, 0.3) is 0 Å². The van der Waals surface area contributed by atoms with Gasteiger partial charge in [0.15, 0.2) is 0 Å². The molecule has 0 aromatic heterocycles. The number of nitrogens with zero attached hydrogens (tertiary/aromatic N) is 1. The third-order valence-corrected chi connectivity index (χ3v) is 3.61. The molecule has 0 saturated heterocycles. The number of ether oxygens (including phenoxy) is 1. The van der Waals surface area contributed by atoms with Crippen LogP contribution in [-0.2, 0) is 0 Å². The van der Waals surface area contributed by atoms with Gasteiger partial charge in [0.1, 0.15) is 5.75 Å². The summed E-state index contributed by atoms with van der Waals surface area (Å²) in [6, 6.07) is 12.7. The molecule has 0 aliphatic heterocycles. The second-order valence-corrected chi connectivity index (χ2v) is 5.85. The monoisotopic (exact) mass is 327 g/mol. The van der Waals surface area contributed by atoms with Gasteiger partial charge in [-0.15, -0.1) is 0 Å². The highest BCUT2D eigenvalue weighted by atomic mass is 16.5. The van der Waals surface area contributed by atoms with Crippen molar-refractivity contribution in [1.82, 2.24) is 0 Å². The standard InChI is InChI=1S/C19H25N3O2/c1-4-5-11-24-16-8-6-7-14(12-16)19(23)21-17-13-15(20)9-10-18(17)22(2)3/h6-10,12-13H,4-5,11,20H2,1-3H3,(H,21,23). The van der Waals surface area contributed by atoms with E-state index in [0.717, 1.165) is 18.5 Å². The second-order valence-electron chi connectivity index (χ2n) is 5.85. The van der Waals surface area contributed by atoms with Gasteiger partial charge in [0.05, 0.1) is 18.0 Å². The van der Waals surface area contributed by atoms with Crippen molar-refractivity contribution in [3.63, 3.8) is 0 Å². The minimum Gasteiger partial charge on any atom is -0.494 e. The molecule has 0 aliphatic rings. The molecule has 2 aromatic carbocycles. The highest BCUT2D eigenvalue weighted by Gasteiger charge is 2.11. The zero-order valence-electron chi connectivity index (χ0n) is 14.5. The van der Waals surface area contributed by atoms with Gasteiger partial charge in [-0.25, -0.2) is 0 Å². The maximum Gasteiger partial charge on any atom is 0.255 e. The number of amides is 1. The molecule has 0 radical (unpaired) electrons. The zero-order chi connectivity index (χ0) is 17.5. The fourth-order valence-electron chi connectivity index (χ4n) is 2.30. The maximum absolute atomic E-state index is 12.6. The van der Waals surface area contributed by atoms with Gasteiger partial charge in [0.25, 0.3) is 5.91 Å². The first-order valence-electron chi connectivity index (χ1n) is 8.12. The van der Waals surface area contributed by atoms with E-state index < -0.39 is 0 Å². The van der Waals surface area contributed by atoms with E-state index in [2.05, 4.69) is 12.2 Å². The van der Waals surface area contributed by atoms with Crippen LogP contribution < -0.4 is 20.7 Å². The first-order valence-corrected chi connectivity index (χ1v) is 8.12. The highest BCUT2D eigenvalue weighted by molar-refractivity contribution is 6.06. The van der Waals surface area contributed by atoms with Crippen LogP contribution in [0.15, 0.2) is 42.5 Å². The van der Waals surface area contributed by atoms with Gasteiger partial charge in [0, 0.05) is 25.3 Å². The summed E-state index contributed by atoms with van der Waals surface area (Å²) in [5.74, 6) is 0.515. The molecule has 2 rings (SSSR count). The Morgan fingerprint density at radius 2 is 2.00 bits per heavy atom. The van der Waals surface area contributed by atoms with Gasteiger partial charge < -0.3 is 20.7 Å². The van der Waals surface area contributed by atoms with Crippen molar-refractivity contribution >= 4 is 23.0 Å². The van der Waals surface area contributed by atoms with Crippen molar-refractivity contribution < 1.29 is 9.53 Å². The number of carbonyl (C=O) groups excluding carboxylic acids is 1. The van der Waals surface area contributed by atoms with Crippen LogP contribution in [-0.4, -0.2) is 26.6 Å². The average molecular weight is 327 g/mol. The predicted molar refractivity (Wildman–Crippen MR) is 100.0 cm³/mol. The lowest BCUT2D eigenvalue weighted by Gasteiger charge is -2.18. The van der Waals surface area contributed by atoms with E-state index in [1.54, 1.807) is 18.2 Å². The van der Waals surface area contributed by atoms with Crippen LogP contribution in [0.2, 0.25) is 0 Å². The van der Waals surface area contributed by atoms with E-state index in [9.17, 15) is 4.79 Å². The van der Waals surface area contributed by atoms with Crippen molar-refractivity contribution in [3.8, 4) is 5.75 Å². The van der Waals surface area contributed by atoms with E-state index >= 15 is 0 Å². The van der Waals surface area contributed by atoms with Crippen LogP contribution in [0.4, 0.5) is 17.1 Å². The lowest BCUT2D eigenvalue weighted by molar-refractivity contribution is 0.102. The molecule has 24 heavy (non-hydrogen) atoms. The van der Waals surface area contributed by atoms with Gasteiger partial charge in [-0.1, -0.05) is 19.4 Å². The quantitative estimate of drug-likeness (QED) is 0.600. The lowest BCUT2D eigenvalue weighted by Crippen LogP contribution is -2.17. The molecule has 0 atom stereocenters. The number of benzene rings is 2. The van der Waals surface area contributed by atoms with Crippen LogP contribution in [0.5, 0.6) is 5.75 Å². The Bertz CT molecular complexity index is 699. The molecule has 0 unspecified atom stereocenters. The smallest absolute Gasteiger partial charge is 0.255 e. The Morgan fingerprint density at radius 3 is 2.71 bits per heavy atom. The number of unbranched alkanes of at least 4 members (excludes halogenated alkanes) is 1. The molecule has 0 aliphatic carbocycles. The molecular weight excluding hydrogens is 302 g/mol. The summed E-state index contributed by atoms with van der Waals surface area (Å²) in [5.41, 5.74) is 8.58. The van der Waals surface area contributed by atoms with Crippen molar-refractivity contribution in [2.24, 2.45) is 0 Å². The molecule has 1 amide bonds. The number of nitrogens with two attached hydrogens (primary N) is 1. The predicted octanol–water partition coefficient (Wildman–Crippen LogP) is 3.77. The number of nitrogens with one attached hydrogen (secondary N) is 1. The van der Waals surface area contributed by atoms with E-state index in [0.29, 0.717) is 29.3 Å². The summed E-state index contributed by atoms with van der Waals surface area (Å²) >= 11 is 0. The Kier molecular flexibility index (Phi) is 6.07. The highest BCUT2D eigenvalue weighted by Crippen LogP contribution is 2.27. The molecule has 0 spiro atoms. The Balaban J connectivity index is 2.15. The summed E-state index contributed by atoms with van der Waals surface area (Å²) < 4.78 is 5.66. The molecule has 128 valence electrons. The van der Waals surface area contributed by atoms with Crippen LogP contribution in [0.3, 0.4) is 0 Å². The van der Waals surface area contributed by atoms with Gasteiger partial charge in [-0.05, 0) is 42.8 Å². The number of hydrogen-bond acceptors (Lipinski definition) is 4. The van der Waals surface area contributed by atoms with E-state index in [1.165, 1.54) is 0 Å². The summed E-state index contributed by atoms with van der Waals surface area (Å²) in [4.78, 5) is 14.5. The Labute approximate surface area is 143 Å². The molecule has 0 fully saturated rings. The van der Waals surface area contributed by atoms with E-state index in [1.807, 2.05) is 43.3 Å². The largest absolute Gasteiger partial charge is 0.494 e. The molecular formula is C19H25N3O2. The fraction of sp³-hybridized carbons (Fsp3) is 0.316.